The van der Waals surface area contributed by atoms with Gasteiger partial charge in [-0.2, -0.15) is 0 Å². The van der Waals surface area contributed by atoms with Crippen LogP contribution in [0.3, 0.4) is 0 Å². The maximum absolute atomic E-state index is 12.2. The fourth-order valence-corrected chi connectivity index (χ4v) is 2.43. The Labute approximate surface area is 124 Å². The number of anilines is 1. The molecule has 1 amide bonds. The first kappa shape index (κ1) is 15.5. The Kier molecular flexibility index (Phi) is 4.05. The van der Waals surface area contributed by atoms with Crippen molar-refractivity contribution in [2.75, 3.05) is 11.9 Å². The highest BCUT2D eigenvalue weighted by atomic mass is 16.4. The smallest absolute Gasteiger partial charge is 0.314 e. The lowest BCUT2D eigenvalue weighted by Gasteiger charge is -2.24. The van der Waals surface area contributed by atoms with Crippen LogP contribution in [0.15, 0.2) is 24.3 Å². The minimum atomic E-state index is -0.771. The van der Waals surface area contributed by atoms with Crippen molar-refractivity contribution in [3.8, 4) is 0 Å². The predicted octanol–water partition coefficient (Wildman–Crippen LogP) is 2.13. The summed E-state index contributed by atoms with van der Waals surface area (Å²) in [6.07, 6.45) is 1.36. The van der Waals surface area contributed by atoms with Crippen LogP contribution in [0.1, 0.15) is 39.2 Å². The van der Waals surface area contributed by atoms with Gasteiger partial charge < -0.3 is 15.7 Å². The van der Waals surface area contributed by atoms with Crippen LogP contribution in [0.5, 0.6) is 0 Å². The van der Waals surface area contributed by atoms with E-state index in [4.69, 9.17) is 0 Å². The van der Waals surface area contributed by atoms with Crippen molar-refractivity contribution in [1.82, 2.24) is 5.32 Å². The van der Waals surface area contributed by atoms with Crippen LogP contribution in [0.4, 0.5) is 5.69 Å². The van der Waals surface area contributed by atoms with Crippen LogP contribution in [0.2, 0.25) is 0 Å². The number of aliphatic carboxylic acids is 1. The molecule has 1 aromatic rings. The van der Waals surface area contributed by atoms with Gasteiger partial charge in [0, 0.05) is 5.69 Å². The Morgan fingerprint density at radius 1 is 1.24 bits per heavy atom. The molecule has 0 aliphatic heterocycles. The summed E-state index contributed by atoms with van der Waals surface area (Å²) in [5, 5.41) is 15.2. The molecule has 21 heavy (non-hydrogen) atoms. The number of carboxylic acid groups (broad SMARTS) is 1. The lowest BCUT2D eigenvalue weighted by molar-refractivity contribution is -0.140. The van der Waals surface area contributed by atoms with Crippen LogP contribution >= 0.6 is 0 Å². The van der Waals surface area contributed by atoms with Crippen molar-refractivity contribution in [3.63, 3.8) is 0 Å². The normalized spacial score (nSPS) is 16.3. The van der Waals surface area contributed by atoms with Crippen LogP contribution in [-0.4, -0.2) is 29.1 Å². The van der Waals surface area contributed by atoms with E-state index in [9.17, 15) is 14.7 Å². The summed E-state index contributed by atoms with van der Waals surface area (Å²) in [5.41, 5.74) is 0.132. The lowest BCUT2D eigenvalue weighted by Crippen LogP contribution is -2.49. The van der Waals surface area contributed by atoms with E-state index in [1.165, 1.54) is 0 Å². The second kappa shape index (κ2) is 5.48. The van der Waals surface area contributed by atoms with Gasteiger partial charge in [-0.3, -0.25) is 9.59 Å². The first-order chi connectivity index (χ1) is 9.82. The number of carbonyl (C=O) groups is 2. The molecular weight excluding hydrogens is 268 g/mol. The summed E-state index contributed by atoms with van der Waals surface area (Å²) in [4.78, 5) is 23.4. The molecule has 3 N–H and O–H groups in total. The number of carboxylic acids is 1. The molecule has 0 unspecified atom stereocenters. The van der Waals surface area contributed by atoms with E-state index in [-0.39, 0.29) is 5.91 Å². The number of nitrogens with one attached hydrogen (secondary N) is 2. The molecule has 0 aromatic heterocycles. The van der Waals surface area contributed by atoms with Gasteiger partial charge in [0.05, 0.1) is 11.0 Å². The number of amides is 1. The average molecular weight is 290 g/mol. The molecule has 0 spiro atoms. The van der Waals surface area contributed by atoms with Crippen molar-refractivity contribution in [2.45, 2.75) is 44.6 Å². The number of hydrogen-bond acceptors (Lipinski definition) is 3. The van der Waals surface area contributed by atoms with E-state index in [2.05, 4.69) is 10.6 Å². The third kappa shape index (κ3) is 3.08. The average Bonchev–Trinajstić information content (AvgIpc) is 3.21. The van der Waals surface area contributed by atoms with Crippen molar-refractivity contribution >= 4 is 17.6 Å². The standard InChI is InChI=1S/C16H22N2O3/c1-4-17-15(2,3)13(19)18-12-7-5-11(6-8-12)16(9-10-16)14(20)21/h5-8,17H,4,9-10H2,1-3H3,(H,18,19)(H,20,21). The van der Waals surface area contributed by atoms with Gasteiger partial charge >= 0.3 is 5.97 Å². The molecule has 2 rings (SSSR count). The highest BCUT2D eigenvalue weighted by Crippen LogP contribution is 2.48. The van der Waals surface area contributed by atoms with E-state index in [1.807, 2.05) is 20.8 Å². The third-order valence-electron chi connectivity index (χ3n) is 4.04. The van der Waals surface area contributed by atoms with Crippen LogP contribution in [-0.2, 0) is 15.0 Å². The quantitative estimate of drug-likeness (QED) is 0.750. The zero-order valence-electron chi connectivity index (χ0n) is 12.7. The third-order valence-corrected chi connectivity index (χ3v) is 4.04. The van der Waals surface area contributed by atoms with Crippen LogP contribution in [0.25, 0.3) is 0 Å². The van der Waals surface area contributed by atoms with E-state index < -0.39 is 16.9 Å². The maximum atomic E-state index is 12.2. The fraction of sp³-hybridized carbons (Fsp3) is 0.500. The van der Waals surface area contributed by atoms with Gasteiger partial charge in [0.15, 0.2) is 0 Å². The maximum Gasteiger partial charge on any atom is 0.314 e. The van der Waals surface area contributed by atoms with Crippen LogP contribution in [0, 0.1) is 0 Å². The van der Waals surface area contributed by atoms with Gasteiger partial charge in [-0.15, -0.1) is 0 Å². The summed E-state index contributed by atoms with van der Waals surface area (Å²) < 4.78 is 0. The van der Waals surface area contributed by atoms with Crippen molar-refractivity contribution in [2.24, 2.45) is 0 Å². The summed E-state index contributed by atoms with van der Waals surface area (Å²) in [6, 6.07) is 7.10. The molecule has 5 nitrogen and oxygen atoms in total. The summed E-state index contributed by atoms with van der Waals surface area (Å²) >= 11 is 0. The lowest BCUT2D eigenvalue weighted by atomic mass is 9.96. The van der Waals surface area contributed by atoms with E-state index in [0.29, 0.717) is 25.1 Å². The van der Waals surface area contributed by atoms with E-state index in [0.717, 1.165) is 5.56 Å². The highest BCUT2D eigenvalue weighted by molar-refractivity contribution is 5.97. The molecule has 1 aliphatic carbocycles. The molecule has 0 bridgehead atoms. The molecule has 1 fully saturated rings. The Hall–Kier alpha value is -1.88. The van der Waals surface area contributed by atoms with Gasteiger partial charge in [-0.1, -0.05) is 19.1 Å². The number of likely N-dealkylation sites (N-methyl/N-ethyl adjacent to an activating group) is 1. The van der Waals surface area contributed by atoms with Crippen molar-refractivity contribution < 1.29 is 14.7 Å². The zero-order chi connectivity index (χ0) is 15.7. The number of rotatable bonds is 6. The molecule has 1 aromatic carbocycles. The fourth-order valence-electron chi connectivity index (χ4n) is 2.43. The molecule has 1 aliphatic rings. The Balaban J connectivity index is 2.07. The second-order valence-electron chi connectivity index (χ2n) is 6.07. The largest absolute Gasteiger partial charge is 0.481 e. The molecule has 0 atom stereocenters. The Bertz CT molecular complexity index is 545. The molecule has 0 heterocycles. The first-order valence-corrected chi connectivity index (χ1v) is 7.22. The monoisotopic (exact) mass is 290 g/mol. The van der Waals surface area contributed by atoms with Gasteiger partial charge in [0.2, 0.25) is 5.91 Å². The second-order valence-corrected chi connectivity index (χ2v) is 6.07. The van der Waals surface area contributed by atoms with Gasteiger partial charge in [0.1, 0.15) is 0 Å². The number of benzene rings is 1. The first-order valence-electron chi connectivity index (χ1n) is 7.22. The van der Waals surface area contributed by atoms with Gasteiger partial charge in [0.25, 0.3) is 0 Å². The molecule has 1 saturated carbocycles. The van der Waals surface area contributed by atoms with Gasteiger partial charge in [-0.05, 0) is 50.9 Å². The van der Waals surface area contributed by atoms with Crippen molar-refractivity contribution in [1.29, 1.82) is 0 Å². The molecule has 0 radical (unpaired) electrons. The number of hydrogen-bond donors (Lipinski definition) is 3. The molecule has 0 saturated heterocycles. The minimum Gasteiger partial charge on any atom is -0.481 e. The molecular formula is C16H22N2O3. The highest BCUT2D eigenvalue weighted by Gasteiger charge is 2.51. The Morgan fingerprint density at radius 2 is 1.81 bits per heavy atom. The summed E-state index contributed by atoms with van der Waals surface area (Å²) in [6.45, 7) is 6.30. The van der Waals surface area contributed by atoms with Crippen molar-refractivity contribution in [3.05, 3.63) is 29.8 Å². The topological polar surface area (TPSA) is 78.4 Å². The summed E-state index contributed by atoms with van der Waals surface area (Å²) in [7, 11) is 0. The van der Waals surface area contributed by atoms with E-state index >= 15 is 0 Å². The zero-order valence-corrected chi connectivity index (χ0v) is 12.7. The summed E-state index contributed by atoms with van der Waals surface area (Å²) in [5.74, 6) is -0.885. The Morgan fingerprint density at radius 3 is 2.24 bits per heavy atom. The van der Waals surface area contributed by atoms with Crippen LogP contribution < -0.4 is 10.6 Å². The van der Waals surface area contributed by atoms with Gasteiger partial charge in [-0.25, -0.2) is 0 Å². The van der Waals surface area contributed by atoms with E-state index in [1.54, 1.807) is 24.3 Å². The number of carbonyl (C=O) groups excluding carboxylic acids is 1. The molecule has 5 heteroatoms. The molecule has 114 valence electrons. The SMILES string of the molecule is CCNC(C)(C)C(=O)Nc1ccc(C2(C(=O)O)CC2)cc1. The predicted molar refractivity (Wildman–Crippen MR) is 81.4 cm³/mol. The minimum absolute atomic E-state index is 0.114.